The van der Waals surface area contributed by atoms with Gasteiger partial charge < -0.3 is 57.4 Å². The van der Waals surface area contributed by atoms with E-state index in [1.54, 1.807) is 7.11 Å². The summed E-state index contributed by atoms with van der Waals surface area (Å²) in [5.74, 6) is 0.509. The maximum absolute atomic E-state index is 6.23. The van der Waals surface area contributed by atoms with Crippen molar-refractivity contribution in [2.45, 2.75) is 32.3 Å². The van der Waals surface area contributed by atoms with Gasteiger partial charge in [-0.15, -0.1) is 0 Å². The van der Waals surface area contributed by atoms with Gasteiger partial charge >= 0.3 is 0 Å². The van der Waals surface area contributed by atoms with Crippen LogP contribution in [0.25, 0.3) is 0 Å². The zero-order valence-corrected chi connectivity index (χ0v) is 26.0. The molecule has 0 amide bonds. The predicted octanol–water partition coefficient (Wildman–Crippen LogP) is 1.58. The summed E-state index contributed by atoms with van der Waals surface area (Å²) in [6.45, 7) is 17.5. The summed E-state index contributed by atoms with van der Waals surface area (Å²) < 4.78 is 60.4. The Labute approximate surface area is 248 Å². The first kappa shape index (κ1) is 38.5. The molecule has 0 aliphatic carbocycles. The van der Waals surface area contributed by atoms with Crippen LogP contribution in [-0.2, 0) is 52.1 Å². The van der Waals surface area contributed by atoms with Crippen LogP contribution in [0.3, 0.4) is 0 Å². The number of ether oxygens (including phenoxy) is 11. The Kier molecular flexibility index (Phi) is 27.8. The third kappa shape index (κ3) is 23.6. The van der Waals surface area contributed by atoms with E-state index in [0.29, 0.717) is 138 Å². The van der Waals surface area contributed by atoms with Gasteiger partial charge in [-0.3, -0.25) is 0 Å². The molecule has 0 aromatic rings. The summed E-state index contributed by atoms with van der Waals surface area (Å²) in [7, 11) is 1.65. The molecule has 1 N–H and O–H groups in total. The average molecular weight is 598 g/mol. The summed E-state index contributed by atoms with van der Waals surface area (Å²) in [6, 6.07) is 0. The SMILES string of the molecule is COCCOCCOCCOCCOCCOCCOCCOCCOCCOCCOC1(C(C)C)CCNCC1. The Morgan fingerprint density at radius 2 is 0.707 bits per heavy atom. The fraction of sp³-hybridized carbons (Fsp3) is 1.00. The zero-order chi connectivity index (χ0) is 29.5. The lowest BCUT2D eigenvalue weighted by atomic mass is 9.82. The number of hydrogen-bond acceptors (Lipinski definition) is 12. The molecule has 1 saturated heterocycles. The van der Waals surface area contributed by atoms with Crippen LogP contribution in [0.4, 0.5) is 0 Å². The molecule has 246 valence electrons. The Bertz CT molecular complexity index is 525. The molecule has 0 aromatic carbocycles. The number of piperidine rings is 1. The standard InChI is InChI=1S/C29H59NO11/c1-28(2)29(4-6-30-7-5-29)41-27-26-40-25-24-39-23-22-38-21-20-37-19-18-36-17-16-35-15-14-34-13-12-33-11-10-32-9-8-31-3/h28,30H,4-27H2,1-3H3. The van der Waals surface area contributed by atoms with Crippen molar-refractivity contribution in [1.29, 1.82) is 0 Å². The lowest BCUT2D eigenvalue weighted by Gasteiger charge is -2.41. The minimum Gasteiger partial charge on any atom is -0.382 e. The van der Waals surface area contributed by atoms with Gasteiger partial charge in [-0.2, -0.15) is 0 Å². The summed E-state index contributed by atoms with van der Waals surface area (Å²) >= 11 is 0. The molecular weight excluding hydrogens is 538 g/mol. The highest BCUT2D eigenvalue weighted by molar-refractivity contribution is 4.89. The van der Waals surface area contributed by atoms with Gasteiger partial charge in [0.2, 0.25) is 0 Å². The van der Waals surface area contributed by atoms with Crippen LogP contribution in [0.1, 0.15) is 26.7 Å². The molecule has 0 spiro atoms. The van der Waals surface area contributed by atoms with E-state index in [1.807, 2.05) is 0 Å². The zero-order valence-electron chi connectivity index (χ0n) is 26.0. The third-order valence-corrected chi connectivity index (χ3v) is 6.53. The lowest BCUT2D eigenvalue weighted by molar-refractivity contribution is -0.113. The van der Waals surface area contributed by atoms with E-state index < -0.39 is 0 Å². The second kappa shape index (κ2) is 29.6. The fourth-order valence-electron chi connectivity index (χ4n) is 4.05. The molecule has 12 heteroatoms. The normalized spacial score (nSPS) is 15.2. The largest absolute Gasteiger partial charge is 0.382 e. The van der Waals surface area contributed by atoms with E-state index in [1.165, 1.54) is 0 Å². The van der Waals surface area contributed by atoms with Crippen molar-refractivity contribution in [2.24, 2.45) is 5.92 Å². The molecule has 1 aliphatic heterocycles. The first-order valence-corrected chi connectivity index (χ1v) is 15.2. The van der Waals surface area contributed by atoms with Gasteiger partial charge in [0, 0.05) is 7.11 Å². The van der Waals surface area contributed by atoms with Crippen LogP contribution in [0.15, 0.2) is 0 Å². The molecule has 0 radical (unpaired) electrons. The van der Waals surface area contributed by atoms with Crippen molar-refractivity contribution in [3.63, 3.8) is 0 Å². The number of nitrogens with one attached hydrogen (secondary N) is 1. The maximum Gasteiger partial charge on any atom is 0.0730 e. The predicted molar refractivity (Wildman–Crippen MR) is 155 cm³/mol. The van der Waals surface area contributed by atoms with Gasteiger partial charge in [0.15, 0.2) is 0 Å². The van der Waals surface area contributed by atoms with E-state index in [-0.39, 0.29) is 5.60 Å². The molecule has 0 unspecified atom stereocenters. The molecule has 0 atom stereocenters. The molecule has 1 rings (SSSR count). The number of rotatable bonds is 32. The molecule has 1 fully saturated rings. The monoisotopic (exact) mass is 597 g/mol. The van der Waals surface area contributed by atoms with Crippen LogP contribution in [0.5, 0.6) is 0 Å². The highest BCUT2D eigenvalue weighted by Crippen LogP contribution is 2.31. The van der Waals surface area contributed by atoms with Crippen molar-refractivity contribution in [2.75, 3.05) is 152 Å². The first-order valence-electron chi connectivity index (χ1n) is 15.2. The van der Waals surface area contributed by atoms with Gasteiger partial charge in [-0.25, -0.2) is 0 Å². The summed E-state index contributed by atoms with van der Waals surface area (Å²) in [6.07, 6.45) is 2.12. The summed E-state index contributed by atoms with van der Waals surface area (Å²) in [5, 5.41) is 3.41. The highest BCUT2D eigenvalue weighted by Gasteiger charge is 2.35. The van der Waals surface area contributed by atoms with Crippen molar-refractivity contribution in [3.05, 3.63) is 0 Å². The maximum atomic E-state index is 6.23. The number of methoxy groups -OCH3 is 1. The fourth-order valence-corrected chi connectivity index (χ4v) is 4.05. The third-order valence-electron chi connectivity index (χ3n) is 6.53. The van der Waals surface area contributed by atoms with E-state index in [9.17, 15) is 0 Å². The summed E-state index contributed by atoms with van der Waals surface area (Å²) in [4.78, 5) is 0. The van der Waals surface area contributed by atoms with Gasteiger partial charge in [-0.05, 0) is 31.8 Å². The molecule has 41 heavy (non-hydrogen) atoms. The van der Waals surface area contributed by atoms with Gasteiger partial charge in [-0.1, -0.05) is 13.8 Å². The molecule has 1 aliphatic rings. The number of hydrogen-bond donors (Lipinski definition) is 1. The minimum atomic E-state index is -0.0114. The summed E-state index contributed by atoms with van der Waals surface area (Å²) in [5.41, 5.74) is -0.0114. The van der Waals surface area contributed by atoms with E-state index >= 15 is 0 Å². The topological polar surface area (TPSA) is 114 Å². The smallest absolute Gasteiger partial charge is 0.0730 e. The highest BCUT2D eigenvalue weighted by atomic mass is 16.6. The van der Waals surface area contributed by atoms with Gasteiger partial charge in [0.25, 0.3) is 0 Å². The molecule has 1 heterocycles. The molecule has 0 bridgehead atoms. The van der Waals surface area contributed by atoms with Crippen LogP contribution in [0.2, 0.25) is 0 Å². The Hall–Kier alpha value is -0.480. The minimum absolute atomic E-state index is 0.0114. The van der Waals surface area contributed by atoms with Crippen LogP contribution in [0, 0.1) is 5.92 Å². The van der Waals surface area contributed by atoms with Gasteiger partial charge in [0.1, 0.15) is 0 Å². The van der Waals surface area contributed by atoms with E-state index in [4.69, 9.17) is 52.1 Å². The lowest BCUT2D eigenvalue weighted by Crippen LogP contribution is -2.48. The second-order valence-corrected chi connectivity index (χ2v) is 9.82. The molecule has 0 saturated carbocycles. The molecular formula is C29H59NO11. The van der Waals surface area contributed by atoms with Crippen LogP contribution < -0.4 is 5.32 Å². The van der Waals surface area contributed by atoms with Gasteiger partial charge in [0.05, 0.1) is 138 Å². The molecule has 12 nitrogen and oxygen atoms in total. The first-order chi connectivity index (χ1) is 20.2. The molecule has 0 aromatic heterocycles. The van der Waals surface area contributed by atoms with E-state index in [0.717, 1.165) is 25.9 Å². The average Bonchev–Trinajstić information content (AvgIpc) is 2.98. The quantitative estimate of drug-likeness (QED) is 0.114. The van der Waals surface area contributed by atoms with Crippen LogP contribution in [-0.4, -0.2) is 158 Å². The van der Waals surface area contributed by atoms with Crippen molar-refractivity contribution < 1.29 is 52.1 Å². The van der Waals surface area contributed by atoms with Crippen molar-refractivity contribution >= 4 is 0 Å². The Morgan fingerprint density at radius 1 is 0.439 bits per heavy atom. The van der Waals surface area contributed by atoms with Crippen molar-refractivity contribution in [1.82, 2.24) is 5.32 Å². The van der Waals surface area contributed by atoms with Crippen molar-refractivity contribution in [3.8, 4) is 0 Å². The second-order valence-electron chi connectivity index (χ2n) is 9.82. The van der Waals surface area contributed by atoms with Crippen LogP contribution >= 0.6 is 0 Å². The Balaban J connectivity index is 1.68. The van der Waals surface area contributed by atoms with E-state index in [2.05, 4.69) is 19.2 Å². The Morgan fingerprint density at radius 3 is 0.976 bits per heavy atom.